The Hall–Kier alpha value is -1.40. The third-order valence-corrected chi connectivity index (χ3v) is 6.81. The minimum Gasteiger partial charge on any atom is -0.381 e. The molecule has 23 heavy (non-hydrogen) atoms. The van der Waals surface area contributed by atoms with Gasteiger partial charge < -0.3 is 10.1 Å². The van der Waals surface area contributed by atoms with Crippen LogP contribution in [0.4, 0.5) is 0 Å². The van der Waals surface area contributed by atoms with E-state index in [-0.39, 0.29) is 22.8 Å². The molecule has 1 atom stereocenters. The topological polar surface area (TPSA) is 72.5 Å². The summed E-state index contributed by atoms with van der Waals surface area (Å²) in [6.07, 6.45) is 2.16. The van der Waals surface area contributed by atoms with E-state index in [1.807, 2.05) is 18.2 Å². The van der Waals surface area contributed by atoms with Gasteiger partial charge in [0.15, 0.2) is 9.84 Å². The average molecular weight is 337 g/mol. The third-order valence-electron chi connectivity index (χ3n) is 5.04. The highest BCUT2D eigenvalue weighted by Crippen LogP contribution is 2.34. The molecule has 3 rings (SSSR count). The van der Waals surface area contributed by atoms with Gasteiger partial charge in [-0.25, -0.2) is 8.42 Å². The van der Waals surface area contributed by atoms with Crippen LogP contribution in [0.3, 0.4) is 0 Å². The Morgan fingerprint density at radius 1 is 1.22 bits per heavy atom. The van der Waals surface area contributed by atoms with E-state index in [0.717, 1.165) is 12.8 Å². The van der Waals surface area contributed by atoms with Crippen LogP contribution in [0.5, 0.6) is 0 Å². The minimum atomic E-state index is -3.03. The lowest BCUT2D eigenvalue weighted by atomic mass is 9.74. The number of benzene rings is 1. The number of hydrogen-bond acceptors (Lipinski definition) is 4. The molecule has 0 aromatic heterocycles. The quantitative estimate of drug-likeness (QED) is 0.898. The molecule has 126 valence electrons. The van der Waals surface area contributed by atoms with Crippen LogP contribution >= 0.6 is 0 Å². The molecule has 5 nitrogen and oxygen atoms in total. The summed E-state index contributed by atoms with van der Waals surface area (Å²) in [4.78, 5) is 12.3. The molecule has 2 aliphatic rings. The van der Waals surface area contributed by atoms with Crippen molar-refractivity contribution < 1.29 is 17.9 Å². The summed E-state index contributed by atoms with van der Waals surface area (Å²) in [5.41, 5.74) is 1.09. The van der Waals surface area contributed by atoms with Crippen molar-refractivity contribution in [2.45, 2.75) is 24.7 Å². The lowest BCUT2D eigenvalue weighted by molar-refractivity contribution is -0.124. The zero-order chi connectivity index (χ0) is 16.3. The van der Waals surface area contributed by atoms with Crippen molar-refractivity contribution in [2.24, 2.45) is 5.92 Å². The fourth-order valence-electron chi connectivity index (χ4n) is 3.52. The standard InChI is InChI=1S/C17H23NO4S/c19-16(14-6-11-23(20,21)12-14)18-13-17(7-9-22-10-8-17)15-4-2-1-3-5-15/h1-5,14H,6-13H2,(H,18,19)/t14-/m1/s1. The molecular formula is C17H23NO4S. The molecule has 1 aromatic rings. The van der Waals surface area contributed by atoms with Gasteiger partial charge >= 0.3 is 0 Å². The zero-order valence-corrected chi connectivity index (χ0v) is 14.0. The predicted octanol–water partition coefficient (Wildman–Crippen LogP) is 1.29. The van der Waals surface area contributed by atoms with Crippen LogP contribution in [0, 0.1) is 5.92 Å². The largest absolute Gasteiger partial charge is 0.381 e. The second-order valence-electron chi connectivity index (χ2n) is 6.58. The summed E-state index contributed by atoms with van der Waals surface area (Å²) >= 11 is 0. The van der Waals surface area contributed by atoms with Gasteiger partial charge in [0.25, 0.3) is 0 Å². The third kappa shape index (κ3) is 3.75. The highest BCUT2D eigenvalue weighted by atomic mass is 32.2. The normalized spacial score (nSPS) is 25.8. The van der Waals surface area contributed by atoms with Crippen molar-refractivity contribution in [2.75, 3.05) is 31.3 Å². The van der Waals surface area contributed by atoms with Crippen molar-refractivity contribution in [3.8, 4) is 0 Å². The summed E-state index contributed by atoms with van der Waals surface area (Å²) in [6, 6.07) is 10.2. The number of carbonyl (C=O) groups excluding carboxylic acids is 1. The molecule has 0 spiro atoms. The van der Waals surface area contributed by atoms with E-state index in [2.05, 4.69) is 17.4 Å². The Kier molecular flexibility index (Phi) is 4.73. The van der Waals surface area contributed by atoms with Crippen LogP contribution in [0.25, 0.3) is 0 Å². The maximum atomic E-state index is 12.3. The van der Waals surface area contributed by atoms with Gasteiger partial charge in [0.05, 0.1) is 17.4 Å². The molecule has 2 aliphatic heterocycles. The van der Waals surface area contributed by atoms with Gasteiger partial charge in [0, 0.05) is 25.2 Å². The van der Waals surface area contributed by atoms with Gasteiger partial charge in [0.1, 0.15) is 0 Å². The van der Waals surface area contributed by atoms with Crippen LogP contribution in [0.1, 0.15) is 24.8 Å². The first-order valence-electron chi connectivity index (χ1n) is 8.12. The average Bonchev–Trinajstić information content (AvgIpc) is 2.94. The van der Waals surface area contributed by atoms with Crippen LogP contribution in [-0.2, 0) is 24.8 Å². The smallest absolute Gasteiger partial charge is 0.224 e. The first kappa shape index (κ1) is 16.5. The molecule has 1 amide bonds. The molecule has 0 aliphatic carbocycles. The Labute approximate surface area is 137 Å². The first-order chi connectivity index (χ1) is 11.0. The van der Waals surface area contributed by atoms with Crippen molar-refractivity contribution in [1.29, 1.82) is 0 Å². The van der Waals surface area contributed by atoms with E-state index in [9.17, 15) is 13.2 Å². The number of amides is 1. The van der Waals surface area contributed by atoms with Crippen LogP contribution in [0.2, 0.25) is 0 Å². The fourth-order valence-corrected chi connectivity index (χ4v) is 5.27. The molecule has 0 radical (unpaired) electrons. The second kappa shape index (κ2) is 6.61. The van der Waals surface area contributed by atoms with Crippen molar-refractivity contribution >= 4 is 15.7 Å². The monoisotopic (exact) mass is 337 g/mol. The number of sulfone groups is 1. The van der Waals surface area contributed by atoms with Crippen molar-refractivity contribution in [3.63, 3.8) is 0 Å². The van der Waals surface area contributed by atoms with Gasteiger partial charge in [-0.1, -0.05) is 30.3 Å². The van der Waals surface area contributed by atoms with E-state index < -0.39 is 15.8 Å². The highest BCUT2D eigenvalue weighted by Gasteiger charge is 2.37. The van der Waals surface area contributed by atoms with Crippen LogP contribution < -0.4 is 5.32 Å². The summed E-state index contributed by atoms with van der Waals surface area (Å²) in [6.45, 7) is 1.90. The van der Waals surface area contributed by atoms with Crippen molar-refractivity contribution in [3.05, 3.63) is 35.9 Å². The molecule has 1 aromatic carbocycles. The van der Waals surface area contributed by atoms with E-state index >= 15 is 0 Å². The number of hydrogen-bond donors (Lipinski definition) is 1. The maximum Gasteiger partial charge on any atom is 0.224 e. The van der Waals surface area contributed by atoms with Gasteiger partial charge in [-0.2, -0.15) is 0 Å². The molecule has 0 saturated carbocycles. The molecule has 6 heteroatoms. The maximum absolute atomic E-state index is 12.3. The molecule has 1 N–H and O–H groups in total. The Bertz CT molecular complexity index is 650. The molecule has 0 unspecified atom stereocenters. The van der Waals surface area contributed by atoms with Gasteiger partial charge in [0.2, 0.25) is 5.91 Å². The first-order valence-corrected chi connectivity index (χ1v) is 9.94. The molecule has 0 bridgehead atoms. The van der Waals surface area contributed by atoms with Gasteiger partial charge in [-0.3, -0.25) is 4.79 Å². The zero-order valence-electron chi connectivity index (χ0n) is 13.2. The minimum absolute atomic E-state index is 0.0136. The Balaban J connectivity index is 1.69. The molecule has 2 heterocycles. The molecule has 2 fully saturated rings. The van der Waals surface area contributed by atoms with Crippen molar-refractivity contribution in [1.82, 2.24) is 5.32 Å². The van der Waals surface area contributed by atoms with E-state index in [0.29, 0.717) is 26.2 Å². The SMILES string of the molecule is O=C(NCC1(c2ccccc2)CCOCC1)[C@@H]1CCS(=O)(=O)C1. The number of nitrogens with one attached hydrogen (secondary N) is 1. The van der Waals surface area contributed by atoms with E-state index in [1.165, 1.54) is 5.56 Å². The summed E-state index contributed by atoms with van der Waals surface area (Å²) < 4.78 is 28.6. The van der Waals surface area contributed by atoms with Gasteiger partial charge in [-0.15, -0.1) is 0 Å². The Morgan fingerprint density at radius 3 is 2.52 bits per heavy atom. The van der Waals surface area contributed by atoms with Crippen LogP contribution in [-0.4, -0.2) is 45.6 Å². The lowest BCUT2D eigenvalue weighted by Gasteiger charge is -2.38. The summed E-state index contributed by atoms with van der Waals surface area (Å²) in [5.74, 6) is -0.413. The number of ether oxygens (including phenoxy) is 1. The fraction of sp³-hybridized carbons (Fsp3) is 0.588. The predicted molar refractivity (Wildman–Crippen MR) is 87.9 cm³/mol. The Morgan fingerprint density at radius 2 is 1.91 bits per heavy atom. The molecule has 2 saturated heterocycles. The van der Waals surface area contributed by atoms with E-state index in [1.54, 1.807) is 0 Å². The second-order valence-corrected chi connectivity index (χ2v) is 8.81. The number of rotatable bonds is 4. The highest BCUT2D eigenvalue weighted by molar-refractivity contribution is 7.91. The summed E-state index contributed by atoms with van der Waals surface area (Å²) in [5, 5.41) is 3.01. The lowest BCUT2D eigenvalue weighted by Crippen LogP contribution is -2.46. The molecular weight excluding hydrogens is 314 g/mol. The van der Waals surface area contributed by atoms with E-state index in [4.69, 9.17) is 4.74 Å². The van der Waals surface area contributed by atoms with Crippen LogP contribution in [0.15, 0.2) is 30.3 Å². The van der Waals surface area contributed by atoms with Gasteiger partial charge in [-0.05, 0) is 24.8 Å². The summed E-state index contributed by atoms with van der Waals surface area (Å²) in [7, 11) is -3.03. The number of carbonyl (C=O) groups is 1.